The zero-order valence-corrected chi connectivity index (χ0v) is 21.9. The Hall–Kier alpha value is -2.42. The molecule has 1 fully saturated rings. The average Bonchev–Trinajstić information content (AvgIpc) is 2.87. The van der Waals surface area contributed by atoms with Crippen molar-refractivity contribution in [2.45, 2.75) is 97.3 Å². The van der Waals surface area contributed by atoms with Crippen molar-refractivity contribution in [3.8, 4) is 16.9 Å². The van der Waals surface area contributed by atoms with E-state index in [1.807, 2.05) is 24.3 Å². The van der Waals surface area contributed by atoms with Crippen LogP contribution in [-0.2, 0) is 16.0 Å². The zero-order chi connectivity index (χ0) is 24.9. The van der Waals surface area contributed by atoms with E-state index in [0.717, 1.165) is 54.7 Å². The first-order valence-corrected chi connectivity index (χ1v) is 14.0. The molecule has 2 aromatic rings. The fourth-order valence-corrected chi connectivity index (χ4v) is 5.14. The molecule has 0 aliphatic heterocycles. The lowest BCUT2D eigenvalue weighted by Crippen LogP contribution is -2.32. The summed E-state index contributed by atoms with van der Waals surface area (Å²) >= 11 is 0. The predicted molar refractivity (Wildman–Crippen MR) is 145 cm³/mol. The van der Waals surface area contributed by atoms with Crippen molar-refractivity contribution in [1.82, 2.24) is 0 Å². The van der Waals surface area contributed by atoms with E-state index in [0.29, 0.717) is 18.8 Å². The van der Waals surface area contributed by atoms with E-state index in [9.17, 15) is 9.59 Å². The van der Waals surface area contributed by atoms with Gasteiger partial charge >= 0.3 is 0 Å². The molecule has 0 N–H and O–H groups in total. The number of hydrogen-bond acceptors (Lipinski definition) is 3. The van der Waals surface area contributed by atoms with Crippen molar-refractivity contribution < 1.29 is 14.3 Å². The summed E-state index contributed by atoms with van der Waals surface area (Å²) in [5.41, 5.74) is 3.24. The smallest absolute Gasteiger partial charge is 0.147 e. The summed E-state index contributed by atoms with van der Waals surface area (Å²) in [6.07, 6.45) is 13.7. The van der Waals surface area contributed by atoms with E-state index in [1.54, 1.807) is 0 Å². The molecule has 3 nitrogen and oxygen atoms in total. The van der Waals surface area contributed by atoms with E-state index in [2.05, 4.69) is 38.1 Å². The molecule has 2 unspecified atom stereocenters. The molecule has 35 heavy (non-hydrogen) atoms. The molecule has 2 atom stereocenters. The zero-order valence-electron chi connectivity index (χ0n) is 21.9. The summed E-state index contributed by atoms with van der Waals surface area (Å²) in [5, 5.41) is 0. The van der Waals surface area contributed by atoms with Crippen molar-refractivity contribution in [2.75, 3.05) is 6.61 Å². The van der Waals surface area contributed by atoms with Crippen LogP contribution in [-0.4, -0.2) is 18.2 Å². The molecule has 2 aromatic carbocycles. The highest BCUT2D eigenvalue weighted by Crippen LogP contribution is 2.31. The van der Waals surface area contributed by atoms with Crippen LogP contribution < -0.4 is 4.74 Å². The van der Waals surface area contributed by atoms with Crippen LogP contribution in [0.3, 0.4) is 0 Å². The van der Waals surface area contributed by atoms with E-state index in [4.69, 9.17) is 4.74 Å². The molecule has 0 spiro atoms. The Morgan fingerprint density at radius 1 is 0.800 bits per heavy atom. The van der Waals surface area contributed by atoms with Crippen LogP contribution in [0, 0.1) is 11.8 Å². The monoisotopic (exact) mass is 476 g/mol. The molecule has 0 saturated heterocycles. The number of Topliss-reactive ketones (excluding diaryl/α,β-unsaturated/α-hetero) is 2. The van der Waals surface area contributed by atoms with Crippen LogP contribution in [0.2, 0.25) is 0 Å². The van der Waals surface area contributed by atoms with E-state index >= 15 is 0 Å². The lowest BCUT2D eigenvalue weighted by atomic mass is 9.76. The highest BCUT2D eigenvalue weighted by molar-refractivity contribution is 6.03. The van der Waals surface area contributed by atoms with Gasteiger partial charge in [0.25, 0.3) is 0 Å². The van der Waals surface area contributed by atoms with Gasteiger partial charge in [0.2, 0.25) is 0 Å². The van der Waals surface area contributed by atoms with Gasteiger partial charge in [0.1, 0.15) is 17.3 Å². The molecule has 1 saturated carbocycles. The van der Waals surface area contributed by atoms with Crippen molar-refractivity contribution in [1.29, 1.82) is 0 Å². The normalized spacial score (nSPS) is 17.9. The second-order valence-electron chi connectivity index (χ2n) is 10.3. The Morgan fingerprint density at radius 3 is 2.09 bits per heavy atom. The fourth-order valence-electron chi connectivity index (χ4n) is 5.14. The van der Waals surface area contributed by atoms with Gasteiger partial charge in [0.15, 0.2) is 0 Å². The number of ether oxygens (including phenoxy) is 1. The first-order chi connectivity index (χ1) is 17.1. The Bertz CT molecular complexity index is 897. The van der Waals surface area contributed by atoms with Crippen LogP contribution >= 0.6 is 0 Å². The van der Waals surface area contributed by atoms with Gasteiger partial charge < -0.3 is 4.74 Å². The lowest BCUT2D eigenvalue weighted by molar-refractivity contribution is -0.135. The van der Waals surface area contributed by atoms with Gasteiger partial charge in [-0.05, 0) is 54.0 Å². The van der Waals surface area contributed by atoms with Gasteiger partial charge in [-0.1, -0.05) is 102 Å². The Kier molecular flexibility index (Phi) is 11.5. The number of carbonyl (C=O) groups excluding carboxylic acids is 2. The molecule has 3 rings (SSSR count). The van der Waals surface area contributed by atoms with Gasteiger partial charge in [-0.15, -0.1) is 0 Å². The molecule has 0 bridgehead atoms. The Morgan fingerprint density at radius 2 is 1.43 bits per heavy atom. The van der Waals surface area contributed by atoms with Gasteiger partial charge in [-0.2, -0.15) is 0 Å². The highest BCUT2D eigenvalue weighted by atomic mass is 16.5. The van der Waals surface area contributed by atoms with Crippen molar-refractivity contribution >= 4 is 11.6 Å². The minimum absolute atomic E-state index is 0.0888. The quantitative estimate of drug-likeness (QED) is 0.191. The molecule has 1 aliphatic carbocycles. The first kappa shape index (κ1) is 27.2. The lowest BCUT2D eigenvalue weighted by Gasteiger charge is -2.26. The summed E-state index contributed by atoms with van der Waals surface area (Å²) < 4.78 is 5.87. The van der Waals surface area contributed by atoms with E-state index in [1.165, 1.54) is 44.9 Å². The molecule has 190 valence electrons. The largest absolute Gasteiger partial charge is 0.494 e. The molecule has 1 aliphatic rings. The highest BCUT2D eigenvalue weighted by Gasteiger charge is 2.32. The van der Waals surface area contributed by atoms with Crippen LogP contribution in [0.15, 0.2) is 48.5 Å². The molecule has 0 aromatic heterocycles. The van der Waals surface area contributed by atoms with Crippen LogP contribution in [0.25, 0.3) is 11.1 Å². The Balaban J connectivity index is 1.45. The van der Waals surface area contributed by atoms with E-state index < -0.39 is 5.92 Å². The minimum Gasteiger partial charge on any atom is -0.494 e. The van der Waals surface area contributed by atoms with Crippen LogP contribution in [0.5, 0.6) is 5.75 Å². The Labute approximate surface area is 212 Å². The average molecular weight is 477 g/mol. The SMILES string of the molecule is CCCCCCCOc1ccc(-c2ccc(CC(=O)C3CCC(CCCCC)CC3=O)cc2)cc1. The van der Waals surface area contributed by atoms with Crippen molar-refractivity contribution in [3.05, 3.63) is 54.1 Å². The predicted octanol–water partition coefficient (Wildman–Crippen LogP) is 8.38. The molecule has 0 amide bonds. The third-order valence-corrected chi connectivity index (χ3v) is 7.38. The first-order valence-electron chi connectivity index (χ1n) is 14.0. The van der Waals surface area contributed by atoms with E-state index in [-0.39, 0.29) is 11.6 Å². The number of ketones is 2. The topological polar surface area (TPSA) is 43.4 Å². The number of carbonyl (C=O) groups is 2. The van der Waals surface area contributed by atoms with Gasteiger partial charge in [0.05, 0.1) is 12.5 Å². The number of hydrogen-bond donors (Lipinski definition) is 0. The van der Waals surface area contributed by atoms with Crippen LogP contribution in [0.1, 0.15) is 96.5 Å². The maximum Gasteiger partial charge on any atom is 0.147 e. The van der Waals surface area contributed by atoms with Gasteiger partial charge in [0, 0.05) is 12.8 Å². The minimum atomic E-state index is -0.392. The summed E-state index contributed by atoms with van der Waals surface area (Å²) in [6, 6.07) is 16.4. The molecule has 0 heterocycles. The third kappa shape index (κ3) is 8.94. The second kappa shape index (κ2) is 14.9. The van der Waals surface area contributed by atoms with Gasteiger partial charge in [-0.3, -0.25) is 9.59 Å². The van der Waals surface area contributed by atoms with Crippen molar-refractivity contribution in [2.24, 2.45) is 11.8 Å². The molecule has 0 radical (unpaired) electrons. The number of unbranched alkanes of at least 4 members (excludes halogenated alkanes) is 6. The standard InChI is InChI=1S/C32H44O3/c1-3-5-7-8-10-22-35-29-19-17-28(18-20-29)27-15-12-26(13-16-27)24-32(34)30-21-14-25(23-31(30)33)11-9-6-4-2/h12-13,15-20,25,30H,3-11,14,21-24H2,1-2H3. The van der Waals surface area contributed by atoms with Crippen LogP contribution in [0.4, 0.5) is 0 Å². The molecular weight excluding hydrogens is 432 g/mol. The summed E-state index contributed by atoms with van der Waals surface area (Å²) in [7, 11) is 0. The summed E-state index contributed by atoms with van der Waals surface area (Å²) in [6.45, 7) is 5.21. The second-order valence-corrected chi connectivity index (χ2v) is 10.3. The third-order valence-electron chi connectivity index (χ3n) is 7.38. The maximum atomic E-state index is 12.9. The molecular formula is C32H44O3. The maximum absolute atomic E-state index is 12.9. The summed E-state index contributed by atoms with van der Waals surface area (Å²) in [4.78, 5) is 25.5. The van der Waals surface area contributed by atoms with Gasteiger partial charge in [-0.25, -0.2) is 0 Å². The molecule has 3 heteroatoms. The summed E-state index contributed by atoms with van der Waals surface area (Å²) in [5.74, 6) is 1.26. The fraction of sp³-hybridized carbons (Fsp3) is 0.562. The number of benzene rings is 2. The number of rotatable bonds is 15. The van der Waals surface area contributed by atoms with Crippen molar-refractivity contribution in [3.63, 3.8) is 0 Å².